The van der Waals surface area contributed by atoms with Gasteiger partial charge in [-0.25, -0.2) is 8.42 Å². The van der Waals surface area contributed by atoms with E-state index in [0.29, 0.717) is 5.75 Å². The third kappa shape index (κ3) is 4.81. The van der Waals surface area contributed by atoms with Crippen molar-refractivity contribution in [3.05, 3.63) is 48.5 Å². The molecule has 0 aliphatic carbocycles. The van der Waals surface area contributed by atoms with Crippen LogP contribution in [0.5, 0.6) is 17.2 Å². The number of rotatable bonds is 4. The molecule has 0 heterocycles. The van der Waals surface area contributed by atoms with Crippen molar-refractivity contribution in [3.63, 3.8) is 0 Å². The summed E-state index contributed by atoms with van der Waals surface area (Å²) in [5.74, 6) is 0.188. The molecule has 2 rings (SSSR count). The van der Waals surface area contributed by atoms with E-state index in [9.17, 15) is 21.6 Å². The Morgan fingerprint density at radius 3 is 1.64 bits per heavy atom. The number of hydrogen-bond donors (Lipinski definition) is 0. The highest BCUT2D eigenvalue weighted by atomic mass is 35.7. The zero-order valence-corrected chi connectivity index (χ0v) is 12.2. The Morgan fingerprint density at radius 2 is 1.23 bits per heavy atom. The zero-order chi connectivity index (χ0) is 16.4. The Balaban J connectivity index is 2.08. The summed E-state index contributed by atoms with van der Waals surface area (Å²) in [5.41, 5.74) is 0. The lowest BCUT2D eigenvalue weighted by Crippen LogP contribution is -2.16. The van der Waals surface area contributed by atoms with Gasteiger partial charge in [-0.3, -0.25) is 0 Å². The lowest BCUT2D eigenvalue weighted by molar-refractivity contribution is -0.274. The van der Waals surface area contributed by atoms with Crippen LogP contribution in [0.4, 0.5) is 13.2 Å². The summed E-state index contributed by atoms with van der Waals surface area (Å²) < 4.78 is 67.3. The Labute approximate surface area is 128 Å². The van der Waals surface area contributed by atoms with Crippen molar-refractivity contribution in [1.82, 2.24) is 0 Å². The lowest BCUT2D eigenvalue weighted by Gasteiger charge is -2.10. The molecule has 2 aromatic carbocycles. The van der Waals surface area contributed by atoms with Crippen LogP contribution < -0.4 is 9.47 Å². The Morgan fingerprint density at radius 1 is 0.818 bits per heavy atom. The molecule has 0 amide bonds. The quantitative estimate of drug-likeness (QED) is 0.770. The van der Waals surface area contributed by atoms with Gasteiger partial charge in [0.25, 0.3) is 9.05 Å². The zero-order valence-electron chi connectivity index (χ0n) is 10.7. The van der Waals surface area contributed by atoms with Gasteiger partial charge in [0.15, 0.2) is 0 Å². The van der Waals surface area contributed by atoms with Gasteiger partial charge in [-0.15, -0.1) is 13.2 Å². The first kappa shape index (κ1) is 16.4. The van der Waals surface area contributed by atoms with Gasteiger partial charge in [0.05, 0.1) is 4.90 Å². The maximum Gasteiger partial charge on any atom is 0.573 e. The molecule has 0 fully saturated rings. The molecule has 0 saturated heterocycles. The summed E-state index contributed by atoms with van der Waals surface area (Å²) in [6, 6.07) is 10.0. The third-order valence-electron chi connectivity index (χ3n) is 2.40. The lowest BCUT2D eigenvalue weighted by atomic mass is 10.3. The second-order valence-electron chi connectivity index (χ2n) is 4.03. The first-order valence-corrected chi connectivity index (χ1v) is 8.03. The Kier molecular flexibility index (Phi) is 4.52. The molecule has 0 N–H and O–H groups in total. The minimum atomic E-state index is -4.76. The van der Waals surface area contributed by atoms with Crippen LogP contribution in [0.1, 0.15) is 0 Å². The van der Waals surface area contributed by atoms with Crippen molar-refractivity contribution in [2.24, 2.45) is 0 Å². The van der Waals surface area contributed by atoms with E-state index in [4.69, 9.17) is 15.4 Å². The summed E-state index contributed by atoms with van der Waals surface area (Å²) in [6.07, 6.45) is -4.76. The van der Waals surface area contributed by atoms with Crippen LogP contribution in [-0.4, -0.2) is 14.8 Å². The van der Waals surface area contributed by atoms with E-state index in [0.717, 1.165) is 12.1 Å². The second-order valence-corrected chi connectivity index (χ2v) is 6.60. The van der Waals surface area contributed by atoms with Gasteiger partial charge < -0.3 is 9.47 Å². The molecule has 9 heteroatoms. The molecule has 0 aromatic heterocycles. The van der Waals surface area contributed by atoms with Gasteiger partial charge in [-0.1, -0.05) is 0 Å². The Bertz CT molecular complexity index is 740. The van der Waals surface area contributed by atoms with Crippen LogP contribution in [0.3, 0.4) is 0 Å². The summed E-state index contributed by atoms with van der Waals surface area (Å²) >= 11 is 0. The molecule has 0 aliphatic rings. The normalized spacial score (nSPS) is 12.0. The molecule has 0 atom stereocenters. The van der Waals surface area contributed by atoms with Crippen molar-refractivity contribution in [2.75, 3.05) is 0 Å². The van der Waals surface area contributed by atoms with E-state index in [1.807, 2.05) is 0 Å². The minimum Gasteiger partial charge on any atom is -0.457 e. The molecule has 0 aliphatic heterocycles. The van der Waals surface area contributed by atoms with Gasteiger partial charge in [0, 0.05) is 10.7 Å². The molecule has 0 radical (unpaired) electrons. The molecular weight excluding hydrogens is 345 g/mol. The Hall–Kier alpha value is -1.93. The first-order chi connectivity index (χ1) is 10.1. The van der Waals surface area contributed by atoms with E-state index in [1.165, 1.54) is 36.4 Å². The average molecular weight is 353 g/mol. The maximum absolute atomic E-state index is 12.0. The van der Waals surface area contributed by atoms with Gasteiger partial charge in [0.1, 0.15) is 17.2 Å². The molecule has 4 nitrogen and oxygen atoms in total. The molecule has 0 bridgehead atoms. The topological polar surface area (TPSA) is 52.6 Å². The summed E-state index contributed by atoms with van der Waals surface area (Å²) in [6.45, 7) is 0. The monoisotopic (exact) mass is 352 g/mol. The van der Waals surface area contributed by atoms with Gasteiger partial charge in [0.2, 0.25) is 0 Å². The van der Waals surface area contributed by atoms with Gasteiger partial charge >= 0.3 is 6.36 Å². The van der Waals surface area contributed by atoms with Crippen LogP contribution in [0.2, 0.25) is 0 Å². The van der Waals surface area contributed by atoms with E-state index < -0.39 is 15.4 Å². The highest BCUT2D eigenvalue weighted by Crippen LogP contribution is 2.28. The fourth-order valence-electron chi connectivity index (χ4n) is 1.52. The van der Waals surface area contributed by atoms with Crippen molar-refractivity contribution in [3.8, 4) is 17.2 Å². The number of halogens is 4. The standard InChI is InChI=1S/C13H8ClF3O4S/c14-22(18,19)12-7-5-10(6-8-12)20-9-1-3-11(4-2-9)21-13(15,16)17/h1-8H. The molecule has 0 unspecified atom stereocenters. The van der Waals surface area contributed by atoms with Crippen molar-refractivity contribution in [2.45, 2.75) is 11.3 Å². The SMILES string of the molecule is O=S(=O)(Cl)c1ccc(Oc2ccc(OC(F)(F)F)cc2)cc1. The van der Waals surface area contributed by atoms with Crippen LogP contribution in [0.25, 0.3) is 0 Å². The number of benzene rings is 2. The van der Waals surface area contributed by atoms with E-state index >= 15 is 0 Å². The first-order valence-electron chi connectivity index (χ1n) is 5.72. The largest absolute Gasteiger partial charge is 0.573 e. The third-order valence-corrected chi connectivity index (χ3v) is 3.77. The van der Waals surface area contributed by atoms with Crippen LogP contribution in [-0.2, 0) is 9.05 Å². The van der Waals surface area contributed by atoms with Gasteiger partial charge in [-0.05, 0) is 48.5 Å². The summed E-state index contributed by atoms with van der Waals surface area (Å²) in [5, 5.41) is 0. The maximum atomic E-state index is 12.0. The fourth-order valence-corrected chi connectivity index (χ4v) is 2.29. The minimum absolute atomic E-state index is 0.0876. The predicted molar refractivity (Wildman–Crippen MR) is 72.7 cm³/mol. The van der Waals surface area contributed by atoms with Gasteiger partial charge in [-0.2, -0.15) is 0 Å². The van der Waals surface area contributed by atoms with E-state index in [2.05, 4.69) is 4.74 Å². The van der Waals surface area contributed by atoms with Crippen LogP contribution in [0, 0.1) is 0 Å². The second kappa shape index (κ2) is 6.05. The van der Waals surface area contributed by atoms with Crippen molar-refractivity contribution < 1.29 is 31.1 Å². The number of alkyl halides is 3. The van der Waals surface area contributed by atoms with Crippen molar-refractivity contribution >= 4 is 19.7 Å². The van der Waals surface area contributed by atoms with Crippen molar-refractivity contribution in [1.29, 1.82) is 0 Å². The smallest absolute Gasteiger partial charge is 0.457 e. The highest BCUT2D eigenvalue weighted by molar-refractivity contribution is 8.13. The molecule has 118 valence electrons. The predicted octanol–water partition coefficient (Wildman–Crippen LogP) is 4.31. The summed E-state index contributed by atoms with van der Waals surface area (Å²) in [4.78, 5) is -0.0876. The average Bonchev–Trinajstić information content (AvgIpc) is 2.39. The van der Waals surface area contributed by atoms with E-state index in [-0.39, 0.29) is 16.4 Å². The molecular formula is C13H8ClF3O4S. The molecule has 2 aromatic rings. The van der Waals surface area contributed by atoms with Crippen LogP contribution in [0.15, 0.2) is 53.4 Å². The number of hydrogen-bond acceptors (Lipinski definition) is 4. The fraction of sp³-hybridized carbons (Fsp3) is 0.0769. The summed E-state index contributed by atoms with van der Waals surface area (Å²) in [7, 11) is 1.35. The molecule has 0 saturated carbocycles. The van der Waals surface area contributed by atoms with Crippen LogP contribution >= 0.6 is 10.7 Å². The molecule has 0 spiro atoms. The number of ether oxygens (including phenoxy) is 2. The van der Waals surface area contributed by atoms with E-state index in [1.54, 1.807) is 0 Å². The molecule has 22 heavy (non-hydrogen) atoms. The highest BCUT2D eigenvalue weighted by Gasteiger charge is 2.30.